The molecule has 1 aromatic carbocycles. The van der Waals surface area contributed by atoms with Gasteiger partial charge in [0.15, 0.2) is 8.32 Å². The standard InChI is InChI=1S/C21H34FN3O6Si/c1-14(2)24(19(26)16-9-8-10-17(18(16)22)25(29)30)12-11-15(13-23-20(27)28)31-32(6,7)21(3,4)5/h8-10,14-15,23H,11-13H2,1-7H3,(H,27,28). The Morgan fingerprint density at radius 2 is 1.91 bits per heavy atom. The van der Waals surface area contributed by atoms with Crippen molar-refractivity contribution < 1.29 is 28.4 Å². The zero-order valence-electron chi connectivity index (χ0n) is 19.8. The zero-order valence-corrected chi connectivity index (χ0v) is 20.8. The Morgan fingerprint density at radius 1 is 1.31 bits per heavy atom. The number of carboxylic acid groups (broad SMARTS) is 1. The molecule has 1 unspecified atom stereocenters. The quantitative estimate of drug-likeness (QED) is 0.291. The molecule has 2 N–H and O–H groups in total. The number of nitrogens with zero attached hydrogens (tertiary/aromatic N) is 2. The average molecular weight is 472 g/mol. The van der Waals surface area contributed by atoms with Gasteiger partial charge in [-0.2, -0.15) is 4.39 Å². The highest BCUT2D eigenvalue weighted by Gasteiger charge is 2.39. The number of rotatable bonds is 10. The zero-order chi connectivity index (χ0) is 24.9. The van der Waals surface area contributed by atoms with E-state index in [1.807, 2.05) is 13.1 Å². The van der Waals surface area contributed by atoms with E-state index in [4.69, 9.17) is 9.53 Å². The number of benzene rings is 1. The van der Waals surface area contributed by atoms with Gasteiger partial charge in [0.05, 0.1) is 16.6 Å². The largest absolute Gasteiger partial charge is 0.465 e. The molecule has 0 heterocycles. The van der Waals surface area contributed by atoms with Crippen molar-refractivity contribution in [2.45, 2.75) is 71.3 Å². The van der Waals surface area contributed by atoms with Crippen molar-refractivity contribution >= 4 is 26.0 Å². The molecular formula is C21H34FN3O6Si. The number of hydrogen-bond donors (Lipinski definition) is 2. The van der Waals surface area contributed by atoms with Crippen LogP contribution in [0.15, 0.2) is 18.2 Å². The van der Waals surface area contributed by atoms with Crippen LogP contribution in [0.3, 0.4) is 0 Å². The van der Waals surface area contributed by atoms with Crippen molar-refractivity contribution in [2.75, 3.05) is 13.1 Å². The summed E-state index contributed by atoms with van der Waals surface area (Å²) in [4.78, 5) is 35.6. The van der Waals surface area contributed by atoms with Crippen LogP contribution in [0.2, 0.25) is 18.1 Å². The Hall–Kier alpha value is -2.53. The summed E-state index contributed by atoms with van der Waals surface area (Å²) in [6, 6.07) is 3.18. The highest BCUT2D eigenvalue weighted by Crippen LogP contribution is 2.37. The molecule has 1 atom stereocenters. The van der Waals surface area contributed by atoms with Gasteiger partial charge >= 0.3 is 11.8 Å². The molecule has 0 radical (unpaired) electrons. The summed E-state index contributed by atoms with van der Waals surface area (Å²) in [7, 11) is -2.23. The normalized spacial score (nSPS) is 13.0. The van der Waals surface area contributed by atoms with Gasteiger partial charge in [-0.15, -0.1) is 0 Å². The number of halogens is 1. The Kier molecular flexibility index (Phi) is 9.33. The first-order valence-corrected chi connectivity index (χ1v) is 13.4. The minimum atomic E-state index is -2.23. The van der Waals surface area contributed by atoms with Crippen LogP contribution in [0, 0.1) is 15.9 Å². The van der Waals surface area contributed by atoms with E-state index in [1.165, 1.54) is 17.0 Å². The van der Waals surface area contributed by atoms with Gasteiger partial charge in [0.2, 0.25) is 5.82 Å². The molecule has 0 fully saturated rings. The van der Waals surface area contributed by atoms with E-state index in [9.17, 15) is 24.1 Å². The van der Waals surface area contributed by atoms with E-state index in [0.717, 1.165) is 6.07 Å². The summed E-state index contributed by atoms with van der Waals surface area (Å²) in [6.45, 7) is 14.0. The van der Waals surface area contributed by atoms with Gasteiger partial charge in [0, 0.05) is 25.2 Å². The van der Waals surface area contributed by atoms with E-state index >= 15 is 0 Å². The molecule has 1 aromatic rings. The highest BCUT2D eigenvalue weighted by molar-refractivity contribution is 6.74. The molecule has 180 valence electrons. The number of nitro benzene ring substituents is 1. The van der Waals surface area contributed by atoms with Gasteiger partial charge < -0.3 is 19.7 Å². The Balaban J connectivity index is 3.10. The molecule has 1 rings (SSSR count). The number of hydrogen-bond acceptors (Lipinski definition) is 5. The van der Waals surface area contributed by atoms with E-state index in [2.05, 4.69) is 26.1 Å². The second-order valence-corrected chi connectivity index (χ2v) is 14.2. The number of carbonyl (C=O) groups is 2. The smallest absolute Gasteiger partial charge is 0.404 e. The fourth-order valence-corrected chi connectivity index (χ4v) is 4.24. The molecule has 9 nitrogen and oxygen atoms in total. The van der Waals surface area contributed by atoms with Crippen LogP contribution in [-0.2, 0) is 4.43 Å². The Labute approximate surface area is 189 Å². The number of amides is 2. The molecule has 2 amide bonds. The van der Waals surface area contributed by atoms with Gasteiger partial charge in [-0.05, 0) is 44.5 Å². The highest BCUT2D eigenvalue weighted by atomic mass is 28.4. The number of nitro groups is 1. The lowest BCUT2D eigenvalue weighted by molar-refractivity contribution is -0.387. The van der Waals surface area contributed by atoms with E-state index in [0.29, 0.717) is 6.42 Å². The lowest BCUT2D eigenvalue weighted by Crippen LogP contribution is -2.48. The molecule has 0 bridgehead atoms. The summed E-state index contributed by atoms with van der Waals surface area (Å²) >= 11 is 0. The van der Waals surface area contributed by atoms with Gasteiger partial charge in [0.25, 0.3) is 5.91 Å². The van der Waals surface area contributed by atoms with Crippen molar-refractivity contribution in [1.29, 1.82) is 0 Å². The molecule has 11 heteroatoms. The molecule has 0 aliphatic heterocycles. The number of nitrogens with one attached hydrogen (secondary N) is 1. The molecule has 0 aliphatic carbocycles. The minimum absolute atomic E-state index is 0.0487. The van der Waals surface area contributed by atoms with Gasteiger partial charge in [-0.3, -0.25) is 14.9 Å². The van der Waals surface area contributed by atoms with Gasteiger partial charge in [0.1, 0.15) is 0 Å². The summed E-state index contributed by atoms with van der Waals surface area (Å²) in [5, 5.41) is 22.3. The maximum Gasteiger partial charge on any atom is 0.404 e. The summed E-state index contributed by atoms with van der Waals surface area (Å²) < 4.78 is 20.9. The lowest BCUT2D eigenvalue weighted by atomic mass is 10.1. The molecule has 0 spiro atoms. The third kappa shape index (κ3) is 7.26. The van der Waals surface area contributed by atoms with Crippen molar-refractivity contribution in [3.8, 4) is 0 Å². The predicted molar refractivity (Wildman–Crippen MR) is 122 cm³/mol. The van der Waals surface area contributed by atoms with Crippen LogP contribution >= 0.6 is 0 Å². The van der Waals surface area contributed by atoms with Crippen LogP contribution in [0.5, 0.6) is 0 Å². The van der Waals surface area contributed by atoms with Gasteiger partial charge in [-0.1, -0.05) is 26.8 Å². The second-order valence-electron chi connectivity index (χ2n) is 9.46. The molecule has 0 aromatic heterocycles. The van der Waals surface area contributed by atoms with Crippen molar-refractivity contribution in [3.05, 3.63) is 39.7 Å². The third-order valence-corrected chi connectivity index (χ3v) is 10.3. The van der Waals surface area contributed by atoms with E-state index < -0.39 is 42.8 Å². The first kappa shape index (κ1) is 27.5. The lowest BCUT2D eigenvalue weighted by Gasteiger charge is -2.40. The van der Waals surface area contributed by atoms with Crippen LogP contribution in [0.25, 0.3) is 0 Å². The first-order valence-electron chi connectivity index (χ1n) is 10.5. The summed E-state index contributed by atoms with van der Waals surface area (Å²) in [5.41, 5.74) is -1.14. The second kappa shape index (κ2) is 10.9. The Morgan fingerprint density at radius 3 is 2.38 bits per heavy atom. The van der Waals surface area contributed by atoms with Crippen molar-refractivity contribution in [1.82, 2.24) is 10.2 Å². The third-order valence-electron chi connectivity index (χ3n) is 5.73. The average Bonchev–Trinajstić information content (AvgIpc) is 2.64. The molecule has 0 saturated heterocycles. The van der Waals surface area contributed by atoms with Crippen molar-refractivity contribution in [3.63, 3.8) is 0 Å². The van der Waals surface area contributed by atoms with E-state index in [-0.39, 0.29) is 29.7 Å². The first-order chi connectivity index (χ1) is 14.6. The number of carbonyl (C=O) groups excluding carboxylic acids is 1. The molecular weight excluding hydrogens is 437 g/mol. The summed E-state index contributed by atoms with van der Waals surface area (Å²) in [6.07, 6.45) is -1.35. The monoisotopic (exact) mass is 471 g/mol. The van der Waals surface area contributed by atoms with Crippen molar-refractivity contribution in [2.24, 2.45) is 0 Å². The molecule has 0 saturated carbocycles. The van der Waals surface area contributed by atoms with Gasteiger partial charge in [-0.25, -0.2) is 4.79 Å². The predicted octanol–water partition coefficient (Wildman–Crippen LogP) is 4.63. The van der Waals surface area contributed by atoms with Crippen LogP contribution in [0.1, 0.15) is 51.4 Å². The maximum atomic E-state index is 14.6. The van der Waals surface area contributed by atoms with Crippen LogP contribution in [-0.4, -0.2) is 60.5 Å². The fourth-order valence-electron chi connectivity index (χ4n) is 2.86. The fraction of sp³-hybridized carbons (Fsp3) is 0.619. The summed E-state index contributed by atoms with van der Waals surface area (Å²) in [5.74, 6) is -1.84. The molecule has 0 aliphatic rings. The minimum Gasteiger partial charge on any atom is -0.465 e. The van der Waals surface area contributed by atoms with Crippen LogP contribution < -0.4 is 5.32 Å². The van der Waals surface area contributed by atoms with E-state index in [1.54, 1.807) is 13.8 Å². The maximum absolute atomic E-state index is 14.6. The Bertz CT molecular complexity index is 841. The SMILES string of the molecule is CC(C)N(CCC(CNC(=O)O)O[Si](C)(C)C(C)(C)C)C(=O)c1cccc([N+](=O)[O-])c1F. The van der Waals surface area contributed by atoms with Crippen LogP contribution in [0.4, 0.5) is 14.9 Å². The topological polar surface area (TPSA) is 122 Å². The molecule has 32 heavy (non-hydrogen) atoms.